The highest BCUT2D eigenvalue weighted by Gasteiger charge is 2.23. The van der Waals surface area contributed by atoms with Crippen LogP contribution >= 0.6 is 0 Å². The van der Waals surface area contributed by atoms with Crippen LogP contribution in [-0.2, 0) is 0 Å². The van der Waals surface area contributed by atoms with Gasteiger partial charge in [0.15, 0.2) is 0 Å². The highest BCUT2D eigenvalue weighted by atomic mass is 16.3. The molecule has 0 aliphatic heterocycles. The van der Waals surface area contributed by atoms with Crippen LogP contribution in [0.3, 0.4) is 0 Å². The van der Waals surface area contributed by atoms with Crippen LogP contribution in [0, 0.1) is 0 Å². The molecule has 0 aromatic rings. The molecule has 0 radical (unpaired) electrons. The molecule has 92 valence electrons. The lowest BCUT2D eigenvalue weighted by atomic mass is 10.1. The molecular formula is C12H27NO2. The lowest BCUT2D eigenvalue weighted by Crippen LogP contribution is -2.45. The molecule has 0 aliphatic carbocycles. The van der Waals surface area contributed by atoms with E-state index >= 15 is 0 Å². The number of aliphatic hydroxyl groups is 2. The first kappa shape index (κ1) is 14.9. The Balaban J connectivity index is 4.19. The van der Waals surface area contributed by atoms with Gasteiger partial charge in [-0.15, -0.1) is 0 Å². The Labute approximate surface area is 94.1 Å². The fraction of sp³-hybridized carbons (Fsp3) is 1.00. The number of rotatable bonds is 7. The van der Waals surface area contributed by atoms with Crippen molar-refractivity contribution < 1.29 is 10.2 Å². The van der Waals surface area contributed by atoms with Gasteiger partial charge in [0.1, 0.15) is 0 Å². The summed E-state index contributed by atoms with van der Waals surface area (Å²) in [5.74, 6) is 0. The van der Waals surface area contributed by atoms with Crippen molar-refractivity contribution in [3.63, 3.8) is 0 Å². The summed E-state index contributed by atoms with van der Waals surface area (Å²) < 4.78 is 0. The Morgan fingerprint density at radius 2 is 1.33 bits per heavy atom. The van der Waals surface area contributed by atoms with Crippen LogP contribution < -0.4 is 0 Å². The first-order chi connectivity index (χ1) is 6.64. The van der Waals surface area contributed by atoms with Crippen molar-refractivity contribution >= 4 is 0 Å². The summed E-state index contributed by atoms with van der Waals surface area (Å²) in [5.41, 5.74) is -1.39. The van der Waals surface area contributed by atoms with Gasteiger partial charge in [-0.25, -0.2) is 0 Å². The maximum Gasteiger partial charge on any atom is 0.0718 e. The SMILES string of the molecule is CCCCN(CC(C)(C)O)CC(C)(C)O. The monoisotopic (exact) mass is 217 g/mol. The van der Waals surface area contributed by atoms with Crippen molar-refractivity contribution in [1.82, 2.24) is 4.90 Å². The molecule has 15 heavy (non-hydrogen) atoms. The first-order valence-corrected chi connectivity index (χ1v) is 5.81. The van der Waals surface area contributed by atoms with Crippen molar-refractivity contribution in [3.8, 4) is 0 Å². The zero-order valence-electron chi connectivity index (χ0n) is 10.9. The molecule has 0 aliphatic rings. The minimum Gasteiger partial charge on any atom is -0.389 e. The largest absolute Gasteiger partial charge is 0.389 e. The summed E-state index contributed by atoms with van der Waals surface area (Å²) >= 11 is 0. The van der Waals surface area contributed by atoms with Gasteiger partial charge in [-0.3, -0.25) is 4.90 Å². The van der Waals surface area contributed by atoms with Crippen LogP contribution in [0.25, 0.3) is 0 Å². The van der Waals surface area contributed by atoms with E-state index in [1.165, 1.54) is 0 Å². The smallest absolute Gasteiger partial charge is 0.0718 e. The van der Waals surface area contributed by atoms with Crippen molar-refractivity contribution in [2.24, 2.45) is 0 Å². The molecule has 0 fully saturated rings. The maximum atomic E-state index is 9.76. The highest BCUT2D eigenvalue weighted by Crippen LogP contribution is 2.11. The molecule has 0 atom stereocenters. The van der Waals surface area contributed by atoms with Gasteiger partial charge in [0.2, 0.25) is 0 Å². The van der Waals surface area contributed by atoms with Crippen LogP contribution in [-0.4, -0.2) is 45.9 Å². The van der Waals surface area contributed by atoms with E-state index in [-0.39, 0.29) is 0 Å². The summed E-state index contributed by atoms with van der Waals surface area (Å²) in [4.78, 5) is 2.13. The zero-order valence-corrected chi connectivity index (χ0v) is 10.9. The third-order valence-corrected chi connectivity index (χ3v) is 2.05. The number of nitrogens with zero attached hydrogens (tertiary/aromatic N) is 1. The molecule has 0 aromatic carbocycles. The molecule has 0 unspecified atom stereocenters. The Hall–Kier alpha value is -0.120. The lowest BCUT2D eigenvalue weighted by Gasteiger charge is -2.33. The molecule has 0 bridgehead atoms. The van der Waals surface area contributed by atoms with Gasteiger partial charge >= 0.3 is 0 Å². The van der Waals surface area contributed by atoms with Crippen molar-refractivity contribution in [2.75, 3.05) is 19.6 Å². The molecule has 0 amide bonds. The quantitative estimate of drug-likeness (QED) is 0.681. The van der Waals surface area contributed by atoms with Gasteiger partial charge < -0.3 is 10.2 Å². The van der Waals surface area contributed by atoms with Crippen molar-refractivity contribution in [3.05, 3.63) is 0 Å². The van der Waals surface area contributed by atoms with Gasteiger partial charge in [-0.2, -0.15) is 0 Å². The van der Waals surface area contributed by atoms with Crippen molar-refractivity contribution in [1.29, 1.82) is 0 Å². The van der Waals surface area contributed by atoms with Crippen LogP contribution in [0.1, 0.15) is 47.5 Å². The molecule has 0 saturated carbocycles. The second-order valence-electron chi connectivity index (χ2n) is 5.69. The van der Waals surface area contributed by atoms with Crippen LogP contribution in [0.4, 0.5) is 0 Å². The van der Waals surface area contributed by atoms with Crippen LogP contribution in [0.5, 0.6) is 0 Å². The molecule has 2 N–H and O–H groups in total. The second-order valence-corrected chi connectivity index (χ2v) is 5.69. The molecule has 3 nitrogen and oxygen atoms in total. The van der Waals surface area contributed by atoms with Gasteiger partial charge in [-0.1, -0.05) is 13.3 Å². The molecule has 3 heteroatoms. The Bertz CT molecular complexity index is 151. The first-order valence-electron chi connectivity index (χ1n) is 5.81. The Kier molecular flexibility index (Phi) is 5.78. The molecule has 0 saturated heterocycles. The summed E-state index contributed by atoms with van der Waals surface area (Å²) in [7, 11) is 0. The molecule has 0 rings (SSSR count). The number of hydrogen-bond donors (Lipinski definition) is 2. The zero-order chi connectivity index (χ0) is 12.1. The Morgan fingerprint density at radius 1 is 0.933 bits per heavy atom. The fourth-order valence-corrected chi connectivity index (χ4v) is 1.69. The van der Waals surface area contributed by atoms with E-state index in [1.807, 2.05) is 0 Å². The maximum absolute atomic E-state index is 9.76. The minimum absolute atomic E-state index is 0.608. The van der Waals surface area contributed by atoms with Crippen LogP contribution in [0.2, 0.25) is 0 Å². The number of unbranched alkanes of at least 4 members (excludes halogenated alkanes) is 1. The number of hydrogen-bond acceptors (Lipinski definition) is 3. The molecule has 0 heterocycles. The van der Waals surface area contributed by atoms with E-state index in [2.05, 4.69) is 11.8 Å². The summed E-state index contributed by atoms with van der Waals surface area (Å²) in [6, 6.07) is 0. The minimum atomic E-state index is -0.695. The van der Waals surface area contributed by atoms with E-state index in [0.717, 1.165) is 19.4 Å². The van der Waals surface area contributed by atoms with Crippen molar-refractivity contribution in [2.45, 2.75) is 58.7 Å². The van der Waals surface area contributed by atoms with E-state index in [0.29, 0.717) is 13.1 Å². The normalized spacial score (nSPS) is 13.6. The standard InChI is InChI=1S/C12H27NO2/c1-6-7-8-13(9-11(2,3)14)10-12(4,5)15/h14-15H,6-10H2,1-5H3. The van der Waals surface area contributed by atoms with E-state index in [4.69, 9.17) is 0 Å². The predicted molar refractivity (Wildman–Crippen MR) is 63.9 cm³/mol. The topological polar surface area (TPSA) is 43.7 Å². The molecule has 0 spiro atoms. The summed E-state index contributed by atoms with van der Waals surface area (Å²) in [6.07, 6.45) is 2.24. The van der Waals surface area contributed by atoms with Gasteiger partial charge in [0.25, 0.3) is 0 Å². The summed E-state index contributed by atoms with van der Waals surface area (Å²) in [6.45, 7) is 11.5. The van der Waals surface area contributed by atoms with Gasteiger partial charge in [0.05, 0.1) is 11.2 Å². The molecular weight excluding hydrogens is 190 g/mol. The Morgan fingerprint density at radius 3 is 1.60 bits per heavy atom. The van der Waals surface area contributed by atoms with E-state index in [1.54, 1.807) is 27.7 Å². The second kappa shape index (κ2) is 5.83. The average Bonchev–Trinajstić information content (AvgIpc) is 1.94. The third kappa shape index (κ3) is 10.2. The third-order valence-electron chi connectivity index (χ3n) is 2.05. The van der Waals surface area contributed by atoms with Gasteiger partial charge in [0, 0.05) is 13.1 Å². The highest BCUT2D eigenvalue weighted by molar-refractivity contribution is 4.77. The van der Waals surface area contributed by atoms with Crippen LogP contribution in [0.15, 0.2) is 0 Å². The fourth-order valence-electron chi connectivity index (χ4n) is 1.69. The predicted octanol–water partition coefficient (Wildman–Crippen LogP) is 1.63. The van der Waals surface area contributed by atoms with E-state index < -0.39 is 11.2 Å². The average molecular weight is 217 g/mol. The summed E-state index contributed by atoms with van der Waals surface area (Å²) in [5, 5.41) is 19.5. The van der Waals surface area contributed by atoms with E-state index in [9.17, 15) is 10.2 Å². The van der Waals surface area contributed by atoms with Gasteiger partial charge in [-0.05, 0) is 40.7 Å². The molecule has 0 aromatic heterocycles. The lowest BCUT2D eigenvalue weighted by molar-refractivity contribution is -0.00778.